The fourth-order valence-corrected chi connectivity index (χ4v) is 5.49. The zero-order chi connectivity index (χ0) is 28.4. The zero-order valence-corrected chi connectivity index (χ0v) is 24.1. The highest BCUT2D eigenvalue weighted by atomic mass is 16.5. The van der Waals surface area contributed by atoms with E-state index < -0.39 is 11.3 Å². The number of ketones is 4. The number of hydrogen-bond donors (Lipinski definition) is 0. The normalized spacial score (nSPS) is 14.8. The fraction of sp³-hybridized carbons (Fsp3) is 0.529. The molecule has 0 unspecified atom stereocenters. The van der Waals surface area contributed by atoms with E-state index in [-0.39, 0.29) is 36.0 Å². The van der Waals surface area contributed by atoms with E-state index in [1.165, 1.54) is 5.56 Å². The van der Waals surface area contributed by atoms with Crippen molar-refractivity contribution < 1.29 is 23.9 Å². The van der Waals surface area contributed by atoms with Crippen molar-refractivity contribution >= 4 is 23.1 Å². The Kier molecular flexibility index (Phi) is 11.2. The molecule has 1 atom stereocenters. The van der Waals surface area contributed by atoms with Crippen LogP contribution in [0.25, 0.3) is 0 Å². The summed E-state index contributed by atoms with van der Waals surface area (Å²) in [5.41, 5.74) is 3.34. The van der Waals surface area contributed by atoms with Crippen LogP contribution in [-0.2, 0) is 32.2 Å². The molecule has 0 bridgehead atoms. The quantitative estimate of drug-likeness (QED) is 0.158. The molecule has 0 saturated heterocycles. The average molecular weight is 533 g/mol. The number of rotatable bonds is 17. The van der Waals surface area contributed by atoms with Gasteiger partial charge < -0.3 is 9.53 Å². The van der Waals surface area contributed by atoms with Gasteiger partial charge in [0.05, 0.1) is 5.41 Å². The lowest BCUT2D eigenvalue weighted by molar-refractivity contribution is -0.148. The minimum absolute atomic E-state index is 0.0304. The maximum atomic E-state index is 13.4. The second kappa shape index (κ2) is 14.3. The molecule has 1 aliphatic carbocycles. The molecule has 1 aliphatic rings. The Morgan fingerprint density at radius 1 is 0.897 bits per heavy atom. The number of hydrogen-bond acceptors (Lipinski definition) is 5. The van der Waals surface area contributed by atoms with Gasteiger partial charge in [-0.25, -0.2) is 0 Å². The molecule has 3 rings (SSSR count). The molecule has 5 nitrogen and oxygen atoms in total. The predicted octanol–water partition coefficient (Wildman–Crippen LogP) is 7.26. The number of carbonyl (C=O) groups excluding carboxylic acids is 4. The molecule has 210 valence electrons. The third-order valence-corrected chi connectivity index (χ3v) is 8.10. The molecular formula is C34H44O5. The van der Waals surface area contributed by atoms with E-state index in [4.69, 9.17) is 4.74 Å². The molecule has 0 aliphatic heterocycles. The Labute approximate surface area is 233 Å². The minimum Gasteiger partial charge on any atom is -0.489 e. The number of aryl methyl sites for hydroxylation is 2. The van der Waals surface area contributed by atoms with E-state index in [1.807, 2.05) is 50.2 Å². The number of Topliss-reactive ketones (excluding diaryl/α,β-unsaturated/α-hetero) is 4. The van der Waals surface area contributed by atoms with Crippen molar-refractivity contribution in [2.45, 2.75) is 105 Å². The maximum Gasteiger partial charge on any atom is 0.147 e. The van der Waals surface area contributed by atoms with Crippen molar-refractivity contribution in [3.05, 3.63) is 64.7 Å². The monoisotopic (exact) mass is 532 g/mol. The third-order valence-electron chi connectivity index (χ3n) is 8.10. The SMILES string of the molecule is CCCC(=O)C1(C(=O)C[C@@H](CCCCC(C)=O)C(=O)Cc2ccc(COc3ccc(C)cc3C)cc2)CCC1. The average Bonchev–Trinajstić information content (AvgIpc) is 2.85. The van der Waals surface area contributed by atoms with E-state index >= 15 is 0 Å². The lowest BCUT2D eigenvalue weighted by Gasteiger charge is -2.39. The molecule has 0 aromatic heterocycles. The van der Waals surface area contributed by atoms with Crippen LogP contribution in [0.1, 0.15) is 100 Å². The summed E-state index contributed by atoms with van der Waals surface area (Å²) >= 11 is 0. The topological polar surface area (TPSA) is 77.5 Å². The molecule has 2 aromatic rings. The first-order valence-corrected chi connectivity index (χ1v) is 14.5. The van der Waals surface area contributed by atoms with Crippen LogP contribution in [0.2, 0.25) is 0 Å². The van der Waals surface area contributed by atoms with Crippen LogP contribution < -0.4 is 4.74 Å². The summed E-state index contributed by atoms with van der Waals surface area (Å²) < 4.78 is 5.98. The summed E-state index contributed by atoms with van der Waals surface area (Å²) in [4.78, 5) is 51.0. The molecule has 0 N–H and O–H groups in total. The highest BCUT2D eigenvalue weighted by molar-refractivity contribution is 6.08. The van der Waals surface area contributed by atoms with Gasteiger partial charge in [0.1, 0.15) is 35.5 Å². The second-order valence-corrected chi connectivity index (χ2v) is 11.4. The van der Waals surface area contributed by atoms with Crippen LogP contribution in [0.15, 0.2) is 42.5 Å². The lowest BCUT2D eigenvalue weighted by Crippen LogP contribution is -2.46. The Morgan fingerprint density at radius 3 is 2.18 bits per heavy atom. The van der Waals surface area contributed by atoms with E-state index in [0.29, 0.717) is 51.6 Å². The van der Waals surface area contributed by atoms with E-state index in [9.17, 15) is 19.2 Å². The number of ether oxygens (including phenoxy) is 1. The zero-order valence-electron chi connectivity index (χ0n) is 24.1. The van der Waals surface area contributed by atoms with Gasteiger partial charge in [-0.05, 0) is 75.6 Å². The molecule has 2 aromatic carbocycles. The van der Waals surface area contributed by atoms with Crippen LogP contribution in [0.3, 0.4) is 0 Å². The smallest absolute Gasteiger partial charge is 0.147 e. The van der Waals surface area contributed by atoms with E-state index in [2.05, 4.69) is 13.0 Å². The van der Waals surface area contributed by atoms with Gasteiger partial charge >= 0.3 is 0 Å². The summed E-state index contributed by atoms with van der Waals surface area (Å²) in [5.74, 6) is 0.582. The Hall–Kier alpha value is -3.08. The van der Waals surface area contributed by atoms with Gasteiger partial charge in [0.25, 0.3) is 0 Å². The molecule has 1 saturated carbocycles. The Bertz CT molecular complexity index is 1160. The highest BCUT2D eigenvalue weighted by Gasteiger charge is 2.49. The summed E-state index contributed by atoms with van der Waals surface area (Å²) in [6.45, 7) is 8.06. The van der Waals surface area contributed by atoms with Gasteiger partial charge in [-0.15, -0.1) is 0 Å². The molecular weight excluding hydrogens is 488 g/mol. The molecule has 0 radical (unpaired) electrons. The first-order chi connectivity index (χ1) is 18.6. The van der Waals surface area contributed by atoms with Gasteiger partial charge in [0.2, 0.25) is 0 Å². The van der Waals surface area contributed by atoms with Crippen molar-refractivity contribution in [1.29, 1.82) is 0 Å². The molecule has 39 heavy (non-hydrogen) atoms. The standard InChI is InChI=1S/C34H44O5/c1-5-9-32(37)34(18-8-19-34)33(38)22-29(11-7-6-10-26(4)35)30(36)21-27-13-15-28(16-14-27)23-39-31-17-12-24(2)20-25(31)3/h12-17,20,29H,5-11,18-19,21-23H2,1-4H3/t29-/m1/s1. The van der Waals surface area contributed by atoms with Gasteiger partial charge in [-0.2, -0.15) is 0 Å². The summed E-state index contributed by atoms with van der Waals surface area (Å²) in [6, 6.07) is 14.0. The van der Waals surface area contributed by atoms with Crippen molar-refractivity contribution in [3.63, 3.8) is 0 Å². The van der Waals surface area contributed by atoms with Crippen LogP contribution in [0, 0.1) is 25.2 Å². The summed E-state index contributed by atoms with van der Waals surface area (Å²) in [6.07, 6.45) is 6.11. The molecule has 0 amide bonds. The second-order valence-electron chi connectivity index (χ2n) is 11.4. The first kappa shape index (κ1) is 30.5. The van der Waals surface area contributed by atoms with Crippen LogP contribution >= 0.6 is 0 Å². The first-order valence-electron chi connectivity index (χ1n) is 14.5. The number of unbranched alkanes of at least 4 members (excludes halogenated alkanes) is 1. The maximum absolute atomic E-state index is 13.4. The fourth-order valence-electron chi connectivity index (χ4n) is 5.49. The van der Waals surface area contributed by atoms with Crippen LogP contribution in [0.5, 0.6) is 5.75 Å². The minimum atomic E-state index is -0.870. The Balaban J connectivity index is 1.63. The van der Waals surface area contributed by atoms with E-state index in [1.54, 1.807) is 6.92 Å². The van der Waals surface area contributed by atoms with Crippen molar-refractivity contribution in [2.75, 3.05) is 0 Å². The molecule has 1 fully saturated rings. The molecule has 0 heterocycles. The Morgan fingerprint density at radius 2 is 1.59 bits per heavy atom. The predicted molar refractivity (Wildman–Crippen MR) is 154 cm³/mol. The lowest BCUT2D eigenvalue weighted by atomic mass is 9.61. The largest absolute Gasteiger partial charge is 0.489 e. The number of benzene rings is 2. The van der Waals surface area contributed by atoms with Crippen LogP contribution in [0.4, 0.5) is 0 Å². The summed E-state index contributed by atoms with van der Waals surface area (Å²) in [5, 5.41) is 0. The summed E-state index contributed by atoms with van der Waals surface area (Å²) in [7, 11) is 0. The van der Waals surface area contributed by atoms with Gasteiger partial charge in [0, 0.05) is 31.6 Å². The van der Waals surface area contributed by atoms with Crippen LogP contribution in [-0.4, -0.2) is 23.1 Å². The molecule has 0 spiro atoms. The van der Waals surface area contributed by atoms with Gasteiger partial charge in [-0.3, -0.25) is 14.4 Å². The van der Waals surface area contributed by atoms with Crippen molar-refractivity contribution in [2.24, 2.45) is 11.3 Å². The third kappa shape index (κ3) is 8.45. The highest BCUT2D eigenvalue weighted by Crippen LogP contribution is 2.45. The van der Waals surface area contributed by atoms with Gasteiger partial charge in [-0.1, -0.05) is 61.7 Å². The van der Waals surface area contributed by atoms with Gasteiger partial charge in [0.15, 0.2) is 0 Å². The molecule has 5 heteroatoms. The van der Waals surface area contributed by atoms with Crippen molar-refractivity contribution in [1.82, 2.24) is 0 Å². The van der Waals surface area contributed by atoms with E-state index in [0.717, 1.165) is 35.3 Å². The number of carbonyl (C=O) groups is 4. The van der Waals surface area contributed by atoms with Crippen molar-refractivity contribution in [3.8, 4) is 5.75 Å².